The molecule has 2 aromatic rings. The number of methoxy groups -OCH3 is 3. The number of nitrogens with zero attached hydrogens (tertiary/aromatic N) is 3. The summed E-state index contributed by atoms with van der Waals surface area (Å²) < 4.78 is 16.5. The molecule has 4 rings (SSSR count). The minimum atomic E-state index is -0.532. The lowest BCUT2D eigenvalue weighted by molar-refractivity contribution is -0.116. The number of carbonyl (C=O) groups is 1. The average molecular weight is 444 g/mol. The molecule has 1 unspecified atom stereocenters. The van der Waals surface area contributed by atoms with Crippen molar-refractivity contribution in [1.82, 2.24) is 14.9 Å². The quantitative estimate of drug-likeness (QED) is 0.690. The van der Waals surface area contributed by atoms with Crippen LogP contribution in [0, 0.1) is 0 Å². The number of benzene rings is 1. The Morgan fingerprint density at radius 2 is 1.75 bits per heavy atom. The summed E-state index contributed by atoms with van der Waals surface area (Å²) in [5.74, 6) is 1.37. The molecule has 0 radical (unpaired) electrons. The van der Waals surface area contributed by atoms with E-state index < -0.39 is 5.92 Å². The minimum Gasteiger partial charge on any atom is -0.493 e. The summed E-state index contributed by atoms with van der Waals surface area (Å²) in [5, 5.41) is 2.78. The lowest BCUT2D eigenvalue weighted by Gasteiger charge is -2.35. The van der Waals surface area contributed by atoms with Crippen molar-refractivity contribution in [1.29, 1.82) is 0 Å². The van der Waals surface area contributed by atoms with Gasteiger partial charge in [-0.25, -0.2) is 0 Å². The number of hydrogen-bond donors (Lipinski definition) is 2. The van der Waals surface area contributed by atoms with E-state index >= 15 is 0 Å². The Balaban J connectivity index is 1.76. The van der Waals surface area contributed by atoms with Crippen LogP contribution in [0.1, 0.15) is 30.4 Å². The first-order valence-electron chi connectivity index (χ1n) is 10.7. The van der Waals surface area contributed by atoms with Crippen molar-refractivity contribution in [3.63, 3.8) is 0 Å². The van der Waals surface area contributed by atoms with Crippen LogP contribution in [0.5, 0.6) is 17.2 Å². The molecule has 1 fully saturated rings. The van der Waals surface area contributed by atoms with Crippen LogP contribution in [0.25, 0.3) is 0 Å². The Kier molecular flexibility index (Phi) is 6.22. The van der Waals surface area contributed by atoms with Crippen molar-refractivity contribution in [2.45, 2.75) is 19.3 Å². The van der Waals surface area contributed by atoms with Gasteiger partial charge in [-0.3, -0.25) is 14.6 Å². The smallest absolute Gasteiger partial charge is 0.258 e. The fraction of sp³-hybridized carbons (Fsp3) is 0.500. The number of rotatable bonds is 6. The first kappa shape index (κ1) is 21.9. The van der Waals surface area contributed by atoms with Gasteiger partial charge in [0.25, 0.3) is 5.56 Å². The number of aromatic nitrogens is 2. The van der Waals surface area contributed by atoms with Gasteiger partial charge < -0.3 is 29.3 Å². The molecule has 1 amide bonds. The number of piperazine rings is 1. The lowest BCUT2D eigenvalue weighted by Crippen LogP contribution is -2.47. The molecule has 1 saturated heterocycles. The van der Waals surface area contributed by atoms with Gasteiger partial charge in [-0.15, -0.1) is 0 Å². The molecule has 2 aliphatic rings. The SMILES string of the molecule is CCN1CCN(c2nc3c(c(=O)[nH]2)C(c2ccc(OC)c(OC)c2OC)CC(=O)N3)CC1. The molecule has 2 aliphatic heterocycles. The number of H-pyrrole nitrogens is 1. The van der Waals surface area contributed by atoms with E-state index in [1.54, 1.807) is 12.1 Å². The number of likely N-dealkylation sites (N-methyl/N-ethyl adjacent to an activating group) is 1. The van der Waals surface area contributed by atoms with Crippen LogP contribution in [0.2, 0.25) is 0 Å². The Bertz CT molecular complexity index is 1060. The number of nitrogens with one attached hydrogen (secondary N) is 2. The number of anilines is 2. The van der Waals surface area contributed by atoms with Crippen LogP contribution in [0.4, 0.5) is 11.8 Å². The van der Waals surface area contributed by atoms with E-state index in [4.69, 9.17) is 14.2 Å². The van der Waals surface area contributed by atoms with E-state index in [2.05, 4.69) is 27.1 Å². The fourth-order valence-electron chi connectivity index (χ4n) is 4.45. The predicted molar refractivity (Wildman–Crippen MR) is 120 cm³/mol. The molecular weight excluding hydrogens is 414 g/mol. The van der Waals surface area contributed by atoms with Crippen LogP contribution in [0.15, 0.2) is 16.9 Å². The third kappa shape index (κ3) is 3.86. The molecule has 0 aliphatic carbocycles. The molecule has 2 N–H and O–H groups in total. The molecular formula is C22H29N5O5. The van der Waals surface area contributed by atoms with Gasteiger partial charge in [0.05, 0.1) is 26.9 Å². The highest BCUT2D eigenvalue weighted by Crippen LogP contribution is 2.46. The predicted octanol–water partition coefficient (Wildman–Crippen LogP) is 1.41. The molecule has 0 spiro atoms. The second kappa shape index (κ2) is 9.07. The van der Waals surface area contributed by atoms with Gasteiger partial charge in [-0.1, -0.05) is 13.0 Å². The molecule has 1 atom stereocenters. The minimum absolute atomic E-state index is 0.0954. The Labute approximate surface area is 186 Å². The van der Waals surface area contributed by atoms with E-state index in [-0.39, 0.29) is 17.9 Å². The maximum atomic E-state index is 13.2. The summed E-state index contributed by atoms with van der Waals surface area (Å²) in [6.45, 7) is 6.44. The molecule has 0 bridgehead atoms. The molecule has 0 saturated carbocycles. The summed E-state index contributed by atoms with van der Waals surface area (Å²) in [6.07, 6.45) is 0.0954. The normalized spacial score (nSPS) is 18.7. The van der Waals surface area contributed by atoms with Crippen LogP contribution in [0.3, 0.4) is 0 Å². The lowest BCUT2D eigenvalue weighted by atomic mass is 9.86. The number of ether oxygens (including phenoxy) is 3. The number of aromatic amines is 1. The zero-order valence-electron chi connectivity index (χ0n) is 18.9. The number of amides is 1. The highest BCUT2D eigenvalue weighted by Gasteiger charge is 2.35. The zero-order valence-corrected chi connectivity index (χ0v) is 18.9. The Morgan fingerprint density at radius 3 is 2.38 bits per heavy atom. The summed E-state index contributed by atoms with van der Waals surface area (Å²) in [5.41, 5.74) is 0.800. The molecule has 1 aromatic carbocycles. The van der Waals surface area contributed by atoms with Crippen LogP contribution < -0.4 is 30.0 Å². The molecule has 10 heteroatoms. The van der Waals surface area contributed by atoms with Crippen molar-refractivity contribution in [2.75, 3.05) is 64.3 Å². The fourth-order valence-corrected chi connectivity index (χ4v) is 4.45. The van der Waals surface area contributed by atoms with Crippen molar-refractivity contribution in [3.05, 3.63) is 33.6 Å². The van der Waals surface area contributed by atoms with Gasteiger partial charge in [0, 0.05) is 44.1 Å². The Hall–Kier alpha value is -3.27. The number of hydrogen-bond acceptors (Lipinski definition) is 8. The molecule has 172 valence electrons. The highest BCUT2D eigenvalue weighted by molar-refractivity contribution is 5.94. The van der Waals surface area contributed by atoms with Crippen molar-refractivity contribution < 1.29 is 19.0 Å². The summed E-state index contributed by atoms with van der Waals surface area (Å²) >= 11 is 0. The van der Waals surface area contributed by atoms with Crippen molar-refractivity contribution >= 4 is 17.7 Å². The molecule has 10 nitrogen and oxygen atoms in total. The van der Waals surface area contributed by atoms with Gasteiger partial charge in [0.1, 0.15) is 5.82 Å². The van der Waals surface area contributed by atoms with Crippen molar-refractivity contribution in [2.24, 2.45) is 0 Å². The summed E-state index contributed by atoms with van der Waals surface area (Å²) in [6, 6.07) is 3.54. The first-order chi connectivity index (χ1) is 15.5. The maximum absolute atomic E-state index is 13.2. The second-order valence-corrected chi connectivity index (χ2v) is 7.80. The molecule has 3 heterocycles. The summed E-state index contributed by atoms with van der Waals surface area (Å²) in [4.78, 5) is 37.8. The van der Waals surface area contributed by atoms with E-state index in [0.717, 1.165) is 32.7 Å². The number of carbonyl (C=O) groups excluding carboxylic acids is 1. The topological polar surface area (TPSA) is 109 Å². The standard InChI is InChI=1S/C22H29N5O5/c1-5-26-8-10-27(11-9-26)22-24-20-17(21(29)25-22)14(12-16(28)23-20)13-6-7-15(30-2)19(32-4)18(13)31-3/h6-7,14H,5,8-12H2,1-4H3,(H2,23,24,25,28,29). The highest BCUT2D eigenvalue weighted by atomic mass is 16.5. The third-order valence-electron chi connectivity index (χ3n) is 6.17. The second-order valence-electron chi connectivity index (χ2n) is 7.80. The maximum Gasteiger partial charge on any atom is 0.258 e. The largest absolute Gasteiger partial charge is 0.493 e. The first-order valence-corrected chi connectivity index (χ1v) is 10.7. The van der Waals surface area contributed by atoms with Gasteiger partial charge in [-0.2, -0.15) is 4.98 Å². The molecule has 32 heavy (non-hydrogen) atoms. The van der Waals surface area contributed by atoms with Gasteiger partial charge in [0.15, 0.2) is 11.5 Å². The van der Waals surface area contributed by atoms with Crippen LogP contribution in [-0.4, -0.2) is 74.8 Å². The van der Waals surface area contributed by atoms with Gasteiger partial charge >= 0.3 is 0 Å². The monoisotopic (exact) mass is 443 g/mol. The molecule has 1 aromatic heterocycles. The van der Waals surface area contributed by atoms with Gasteiger partial charge in [-0.05, 0) is 12.6 Å². The van der Waals surface area contributed by atoms with Crippen molar-refractivity contribution in [3.8, 4) is 17.2 Å². The van der Waals surface area contributed by atoms with E-state index in [1.807, 2.05) is 4.90 Å². The van der Waals surface area contributed by atoms with Gasteiger partial charge in [0.2, 0.25) is 17.6 Å². The third-order valence-corrected chi connectivity index (χ3v) is 6.17. The zero-order chi connectivity index (χ0) is 22.8. The van der Waals surface area contributed by atoms with Crippen LogP contribution >= 0.6 is 0 Å². The Morgan fingerprint density at radius 1 is 1.03 bits per heavy atom. The number of fused-ring (bicyclic) bond motifs is 1. The summed E-state index contributed by atoms with van der Waals surface area (Å²) in [7, 11) is 4.58. The van der Waals surface area contributed by atoms with E-state index in [0.29, 0.717) is 40.1 Å². The van der Waals surface area contributed by atoms with E-state index in [9.17, 15) is 9.59 Å². The van der Waals surface area contributed by atoms with Crippen LogP contribution in [-0.2, 0) is 4.79 Å². The van der Waals surface area contributed by atoms with E-state index in [1.165, 1.54) is 21.3 Å². The average Bonchev–Trinajstić information content (AvgIpc) is 2.82.